The van der Waals surface area contributed by atoms with E-state index >= 15 is 0 Å². The summed E-state index contributed by atoms with van der Waals surface area (Å²) in [5, 5.41) is 5.97. The number of nitrogens with one attached hydrogen (secondary N) is 3. The van der Waals surface area contributed by atoms with Gasteiger partial charge in [0.25, 0.3) is 0 Å². The van der Waals surface area contributed by atoms with Crippen molar-refractivity contribution in [2.45, 2.75) is 89.0 Å². The number of hydrogen-bond donors (Lipinski definition) is 3. The molecule has 2 amide bonds. The summed E-state index contributed by atoms with van der Waals surface area (Å²) in [5.74, 6) is 0.246. The Balaban J connectivity index is 1.67. The van der Waals surface area contributed by atoms with Gasteiger partial charge in [0, 0.05) is 19.5 Å². The first kappa shape index (κ1) is 28.7. The number of unbranched alkanes of at least 4 members (excludes halogenated alkanes) is 1. The smallest absolute Gasteiger partial charge is 0.242 e. The van der Waals surface area contributed by atoms with E-state index in [0.29, 0.717) is 49.6 Å². The van der Waals surface area contributed by atoms with Gasteiger partial charge in [-0.2, -0.15) is 0 Å². The van der Waals surface area contributed by atoms with E-state index in [0.717, 1.165) is 12.5 Å². The van der Waals surface area contributed by atoms with Gasteiger partial charge in [-0.05, 0) is 55.7 Å². The molecule has 1 aliphatic carbocycles. The van der Waals surface area contributed by atoms with Crippen LogP contribution in [0.25, 0.3) is 0 Å². The molecule has 0 heterocycles. The summed E-state index contributed by atoms with van der Waals surface area (Å²) in [5.41, 5.74) is 0. The fourth-order valence-electron chi connectivity index (χ4n) is 4.23. The summed E-state index contributed by atoms with van der Waals surface area (Å²) < 4.78 is 28.2. The van der Waals surface area contributed by atoms with E-state index in [-0.39, 0.29) is 22.8 Å². The molecular weight excluding hydrogens is 477 g/mol. The van der Waals surface area contributed by atoms with E-state index in [1.165, 1.54) is 44.2 Å². The largest absolute Gasteiger partial charge is 0.354 e. The molecule has 1 aromatic carbocycles. The summed E-state index contributed by atoms with van der Waals surface area (Å²) in [6.45, 7) is 5.00. The molecule has 34 heavy (non-hydrogen) atoms. The van der Waals surface area contributed by atoms with Gasteiger partial charge in [-0.25, -0.2) is 13.3 Å². The second-order valence-electron chi connectivity index (χ2n) is 9.53. The molecule has 1 fully saturated rings. The molecule has 0 bridgehead atoms. The number of hydrogen-bond acceptors (Lipinski definition) is 3. The van der Waals surface area contributed by atoms with Crippen molar-refractivity contribution in [2.75, 3.05) is 13.1 Å². The molecule has 0 saturated heterocycles. The van der Waals surface area contributed by atoms with Crippen LogP contribution >= 0.6 is 11.6 Å². The van der Waals surface area contributed by atoms with Crippen LogP contribution in [-0.2, 0) is 20.6 Å². The molecule has 0 radical (unpaired) electrons. The Labute approximate surface area is 210 Å². The predicted octanol–water partition coefficient (Wildman–Crippen LogP) is 4.88. The fourth-order valence-corrected chi connectivity index (χ4v) is 5.52. The molecule has 2 unspecified atom stereocenters. The molecule has 6 nitrogen and oxygen atoms in total. The average Bonchev–Trinajstić information content (AvgIpc) is 2.79. The van der Waals surface area contributed by atoms with Gasteiger partial charge < -0.3 is 10.6 Å². The van der Waals surface area contributed by atoms with Gasteiger partial charge in [0.05, 0.1) is 9.92 Å². The lowest BCUT2D eigenvalue weighted by molar-refractivity contribution is -0.129. The summed E-state index contributed by atoms with van der Waals surface area (Å²) in [6.07, 6.45) is 9.60. The Kier molecular flexibility index (Phi) is 13.1. The minimum absolute atomic E-state index is 0.0440. The second kappa shape index (κ2) is 15.5. The Morgan fingerprint density at radius 2 is 1.85 bits per heavy atom. The molecule has 192 valence electrons. The zero-order valence-electron chi connectivity index (χ0n) is 20.3. The van der Waals surface area contributed by atoms with Crippen molar-refractivity contribution in [1.82, 2.24) is 15.4 Å². The molecule has 1 aliphatic rings. The van der Waals surface area contributed by atoms with E-state index in [1.54, 1.807) is 0 Å². The lowest BCUT2D eigenvalue weighted by Crippen LogP contribution is -2.47. The summed E-state index contributed by atoms with van der Waals surface area (Å²) in [6, 6.07) is 3.23. The van der Waals surface area contributed by atoms with Gasteiger partial charge in [0.1, 0.15) is 22.8 Å². The number of benzene rings is 1. The third-order valence-electron chi connectivity index (χ3n) is 6.09. The second-order valence-corrected chi connectivity index (χ2v) is 11.2. The highest BCUT2D eigenvalue weighted by molar-refractivity contribution is 7.83. The molecule has 0 spiro atoms. The summed E-state index contributed by atoms with van der Waals surface area (Å²) in [7, 11) is -1.53. The highest BCUT2D eigenvalue weighted by Gasteiger charge is 2.22. The first-order chi connectivity index (χ1) is 16.3. The Morgan fingerprint density at radius 3 is 2.53 bits per heavy atom. The van der Waals surface area contributed by atoms with Crippen LogP contribution in [0.2, 0.25) is 5.02 Å². The van der Waals surface area contributed by atoms with Crippen LogP contribution in [0.15, 0.2) is 23.1 Å². The van der Waals surface area contributed by atoms with E-state index in [9.17, 15) is 18.2 Å². The van der Waals surface area contributed by atoms with Crippen molar-refractivity contribution < 1.29 is 18.2 Å². The van der Waals surface area contributed by atoms with Crippen molar-refractivity contribution in [2.24, 2.45) is 11.8 Å². The van der Waals surface area contributed by atoms with Crippen LogP contribution in [0.1, 0.15) is 78.1 Å². The van der Waals surface area contributed by atoms with Crippen molar-refractivity contribution in [3.63, 3.8) is 0 Å². The SMILES string of the molecule is CC(C)CC(NC(=O)CCC1CCCCC1)C(=O)NCCCCNS(=O)c1ccc(F)cc1Cl. The normalized spacial score (nSPS) is 16.3. The first-order valence-corrected chi connectivity index (χ1v) is 14.0. The van der Waals surface area contributed by atoms with Crippen LogP contribution in [0.4, 0.5) is 4.39 Å². The van der Waals surface area contributed by atoms with E-state index < -0.39 is 22.8 Å². The molecule has 0 aliphatic heterocycles. The Morgan fingerprint density at radius 1 is 1.15 bits per heavy atom. The minimum atomic E-state index is -1.53. The summed E-state index contributed by atoms with van der Waals surface area (Å²) >= 11 is 5.93. The van der Waals surface area contributed by atoms with Crippen molar-refractivity contribution >= 4 is 34.4 Å². The number of amides is 2. The molecule has 2 rings (SSSR count). The third kappa shape index (κ3) is 10.8. The van der Waals surface area contributed by atoms with Gasteiger partial charge >= 0.3 is 0 Å². The van der Waals surface area contributed by atoms with Gasteiger partial charge in [-0.1, -0.05) is 57.6 Å². The standard InChI is InChI=1S/C25H39ClFN3O3S/c1-18(2)16-22(30-24(31)13-10-19-8-4-3-5-9-19)25(32)28-14-6-7-15-29-34(33)23-12-11-20(27)17-21(23)26/h11-12,17-19,22,29H,3-10,13-16H2,1-2H3,(H,28,32)(H,30,31). The minimum Gasteiger partial charge on any atom is -0.354 e. The molecule has 3 N–H and O–H groups in total. The maximum absolute atomic E-state index is 13.1. The van der Waals surface area contributed by atoms with Crippen molar-refractivity contribution in [1.29, 1.82) is 0 Å². The van der Waals surface area contributed by atoms with Gasteiger partial charge in [0.2, 0.25) is 11.8 Å². The maximum Gasteiger partial charge on any atom is 0.242 e. The Hall–Kier alpha value is -1.51. The lowest BCUT2D eigenvalue weighted by atomic mass is 9.86. The Bertz CT molecular complexity index is 819. The number of carbonyl (C=O) groups is 2. The molecule has 1 saturated carbocycles. The van der Waals surface area contributed by atoms with Crippen LogP contribution in [0.5, 0.6) is 0 Å². The van der Waals surface area contributed by atoms with Crippen LogP contribution < -0.4 is 15.4 Å². The zero-order valence-corrected chi connectivity index (χ0v) is 21.9. The highest BCUT2D eigenvalue weighted by atomic mass is 35.5. The van der Waals surface area contributed by atoms with E-state index in [4.69, 9.17) is 11.6 Å². The first-order valence-electron chi connectivity index (χ1n) is 12.4. The number of carbonyl (C=O) groups excluding carboxylic acids is 2. The topological polar surface area (TPSA) is 87.3 Å². The monoisotopic (exact) mass is 515 g/mol. The number of rotatable bonds is 14. The lowest BCUT2D eigenvalue weighted by Gasteiger charge is -2.23. The quantitative estimate of drug-likeness (QED) is 0.309. The highest BCUT2D eigenvalue weighted by Crippen LogP contribution is 2.27. The molecule has 2 atom stereocenters. The average molecular weight is 516 g/mol. The van der Waals surface area contributed by atoms with Gasteiger partial charge in [-0.3, -0.25) is 9.59 Å². The van der Waals surface area contributed by atoms with Crippen molar-refractivity contribution in [3.05, 3.63) is 29.0 Å². The molecule has 1 aromatic rings. The zero-order chi connectivity index (χ0) is 24.9. The van der Waals surface area contributed by atoms with Gasteiger partial charge in [0.15, 0.2) is 0 Å². The molecular formula is C25H39ClFN3O3S. The third-order valence-corrected chi connectivity index (χ3v) is 7.74. The summed E-state index contributed by atoms with van der Waals surface area (Å²) in [4.78, 5) is 25.5. The van der Waals surface area contributed by atoms with E-state index in [1.807, 2.05) is 13.8 Å². The van der Waals surface area contributed by atoms with Crippen LogP contribution in [0.3, 0.4) is 0 Å². The van der Waals surface area contributed by atoms with Gasteiger partial charge in [-0.15, -0.1) is 0 Å². The molecule has 0 aromatic heterocycles. The molecule has 9 heteroatoms. The predicted molar refractivity (Wildman–Crippen MR) is 135 cm³/mol. The number of halogens is 2. The van der Waals surface area contributed by atoms with Crippen LogP contribution in [0, 0.1) is 17.7 Å². The van der Waals surface area contributed by atoms with Crippen LogP contribution in [-0.4, -0.2) is 35.2 Å². The maximum atomic E-state index is 13.1. The van der Waals surface area contributed by atoms with E-state index in [2.05, 4.69) is 15.4 Å². The fraction of sp³-hybridized carbons (Fsp3) is 0.680. The van der Waals surface area contributed by atoms with Crippen molar-refractivity contribution in [3.8, 4) is 0 Å².